The summed E-state index contributed by atoms with van der Waals surface area (Å²) in [6.07, 6.45) is 0. The van der Waals surface area contributed by atoms with Gasteiger partial charge in [-0.1, -0.05) is 30.3 Å². The summed E-state index contributed by atoms with van der Waals surface area (Å²) in [6, 6.07) is 10.9. The Labute approximate surface area is 181 Å². The minimum absolute atomic E-state index is 0. The second-order valence-corrected chi connectivity index (χ2v) is 6.81. The van der Waals surface area contributed by atoms with E-state index in [1.54, 1.807) is 0 Å². The lowest BCUT2D eigenvalue weighted by Gasteiger charge is -2.30. The third-order valence-corrected chi connectivity index (χ3v) is 4.05. The van der Waals surface area contributed by atoms with E-state index in [-0.39, 0.29) is 36.4 Å². The molecule has 1 amide bonds. The van der Waals surface area contributed by atoms with E-state index in [0.717, 1.165) is 25.2 Å². The van der Waals surface area contributed by atoms with Crippen molar-refractivity contribution in [2.75, 3.05) is 26.2 Å². The molecule has 0 atom stereocenters. The number of amides is 1. The van der Waals surface area contributed by atoms with Crippen LogP contribution in [0.4, 0.5) is 0 Å². The molecular weight excluding hydrogens is 453 g/mol. The van der Waals surface area contributed by atoms with Crippen molar-refractivity contribution >= 4 is 35.8 Å². The minimum Gasteiger partial charge on any atom is -0.357 e. The fourth-order valence-electron chi connectivity index (χ4n) is 2.76. The number of hydrogen-bond donors (Lipinski definition) is 3. The first-order valence-corrected chi connectivity index (χ1v) is 9.52. The van der Waals surface area contributed by atoms with Crippen molar-refractivity contribution in [3.05, 3.63) is 35.9 Å². The number of aliphatic imine (C=N–C) groups is 1. The van der Waals surface area contributed by atoms with E-state index in [4.69, 9.17) is 0 Å². The van der Waals surface area contributed by atoms with E-state index in [0.29, 0.717) is 24.6 Å². The van der Waals surface area contributed by atoms with Gasteiger partial charge in [-0.15, -0.1) is 24.0 Å². The number of nitrogens with zero attached hydrogens (tertiary/aromatic N) is 2. The standard InChI is InChI=1S/C20H35N5O.HI/c1-6-21-20(22-12-13-25(16(2)3)17(4)5)24-15-19(26)23-14-18-10-8-7-9-11-18;/h7-11,16-17H,6,12-15H2,1-5H3,(H,23,26)(H2,21,22,24);1H. The molecule has 1 rings (SSSR count). The molecule has 0 aliphatic heterocycles. The number of nitrogens with one attached hydrogen (secondary N) is 3. The van der Waals surface area contributed by atoms with E-state index >= 15 is 0 Å². The van der Waals surface area contributed by atoms with E-state index in [1.165, 1.54) is 0 Å². The SMILES string of the molecule is CCNC(=NCC(=O)NCc1ccccc1)NCCN(C(C)C)C(C)C.I. The van der Waals surface area contributed by atoms with Crippen LogP contribution in [-0.2, 0) is 11.3 Å². The first-order valence-electron chi connectivity index (χ1n) is 9.52. The summed E-state index contributed by atoms with van der Waals surface area (Å²) in [7, 11) is 0. The maximum atomic E-state index is 12.0. The van der Waals surface area contributed by atoms with Gasteiger partial charge in [-0.3, -0.25) is 9.69 Å². The van der Waals surface area contributed by atoms with Gasteiger partial charge in [0.05, 0.1) is 0 Å². The van der Waals surface area contributed by atoms with Crippen molar-refractivity contribution < 1.29 is 4.79 Å². The molecule has 0 saturated heterocycles. The van der Waals surface area contributed by atoms with Crippen molar-refractivity contribution in [3.63, 3.8) is 0 Å². The summed E-state index contributed by atoms with van der Waals surface area (Å²) >= 11 is 0. The number of benzene rings is 1. The Hall–Kier alpha value is -1.35. The lowest BCUT2D eigenvalue weighted by molar-refractivity contribution is -0.119. The van der Waals surface area contributed by atoms with Gasteiger partial charge in [-0.05, 0) is 40.2 Å². The van der Waals surface area contributed by atoms with Gasteiger partial charge in [0, 0.05) is 38.3 Å². The molecule has 0 radical (unpaired) electrons. The zero-order chi connectivity index (χ0) is 19.4. The molecule has 3 N–H and O–H groups in total. The highest BCUT2D eigenvalue weighted by atomic mass is 127. The highest BCUT2D eigenvalue weighted by Gasteiger charge is 2.12. The topological polar surface area (TPSA) is 68.8 Å². The second kappa shape index (κ2) is 14.7. The first kappa shape index (κ1) is 25.6. The van der Waals surface area contributed by atoms with Crippen LogP contribution < -0.4 is 16.0 Å². The Bertz CT molecular complexity index is 541. The molecule has 0 saturated carbocycles. The molecule has 0 fully saturated rings. The summed E-state index contributed by atoms with van der Waals surface area (Å²) in [6.45, 7) is 13.9. The molecule has 0 aliphatic carbocycles. The maximum Gasteiger partial charge on any atom is 0.242 e. The molecule has 0 unspecified atom stereocenters. The minimum atomic E-state index is -0.0861. The van der Waals surface area contributed by atoms with Gasteiger partial charge in [0.25, 0.3) is 0 Å². The Balaban J connectivity index is 0.00000676. The highest BCUT2D eigenvalue weighted by Crippen LogP contribution is 2.03. The summed E-state index contributed by atoms with van der Waals surface area (Å²) in [4.78, 5) is 18.8. The van der Waals surface area contributed by atoms with Crippen molar-refractivity contribution in [3.8, 4) is 0 Å². The summed E-state index contributed by atoms with van der Waals surface area (Å²) in [5.41, 5.74) is 1.08. The molecule has 1 aromatic rings. The van der Waals surface area contributed by atoms with Crippen molar-refractivity contribution in [2.24, 2.45) is 4.99 Å². The molecule has 0 aliphatic rings. The summed E-state index contributed by atoms with van der Waals surface area (Å²) < 4.78 is 0. The maximum absolute atomic E-state index is 12.0. The van der Waals surface area contributed by atoms with E-state index < -0.39 is 0 Å². The van der Waals surface area contributed by atoms with Crippen LogP contribution in [0, 0.1) is 0 Å². The molecule has 0 spiro atoms. The number of rotatable bonds is 10. The molecule has 1 aromatic carbocycles. The van der Waals surface area contributed by atoms with Gasteiger partial charge in [-0.25, -0.2) is 4.99 Å². The van der Waals surface area contributed by atoms with Gasteiger partial charge in [0.1, 0.15) is 6.54 Å². The molecule has 154 valence electrons. The zero-order valence-corrected chi connectivity index (χ0v) is 19.6. The van der Waals surface area contributed by atoms with Crippen LogP contribution in [-0.4, -0.2) is 55.0 Å². The summed E-state index contributed by atoms with van der Waals surface area (Å²) in [5, 5.41) is 9.38. The van der Waals surface area contributed by atoms with E-state index in [2.05, 4.69) is 53.5 Å². The number of carbonyl (C=O) groups excluding carboxylic acids is 1. The van der Waals surface area contributed by atoms with Crippen LogP contribution >= 0.6 is 24.0 Å². The van der Waals surface area contributed by atoms with E-state index in [1.807, 2.05) is 37.3 Å². The fourth-order valence-corrected chi connectivity index (χ4v) is 2.76. The quantitative estimate of drug-likeness (QED) is 0.269. The molecule has 0 bridgehead atoms. The normalized spacial score (nSPS) is 11.5. The fraction of sp³-hybridized carbons (Fsp3) is 0.600. The highest BCUT2D eigenvalue weighted by molar-refractivity contribution is 14.0. The molecule has 6 nitrogen and oxygen atoms in total. The summed E-state index contributed by atoms with van der Waals surface area (Å²) in [5.74, 6) is 0.590. The first-order chi connectivity index (χ1) is 12.4. The largest absolute Gasteiger partial charge is 0.357 e. The molecule has 7 heteroatoms. The second-order valence-electron chi connectivity index (χ2n) is 6.81. The van der Waals surface area contributed by atoms with Crippen LogP contribution in [0.1, 0.15) is 40.2 Å². The predicted octanol–water partition coefficient (Wildman–Crippen LogP) is 2.59. The Morgan fingerprint density at radius 1 is 1.04 bits per heavy atom. The molecule has 0 aromatic heterocycles. The molecule has 0 heterocycles. The van der Waals surface area contributed by atoms with Crippen molar-refractivity contribution in [2.45, 2.75) is 53.2 Å². The smallest absolute Gasteiger partial charge is 0.242 e. The van der Waals surface area contributed by atoms with Crippen molar-refractivity contribution in [1.29, 1.82) is 0 Å². The lowest BCUT2D eigenvalue weighted by atomic mass is 10.2. The average molecular weight is 489 g/mol. The monoisotopic (exact) mass is 489 g/mol. The van der Waals surface area contributed by atoms with Gasteiger partial charge in [-0.2, -0.15) is 0 Å². The third-order valence-electron chi connectivity index (χ3n) is 4.05. The molecular formula is C20H36IN5O. The van der Waals surface area contributed by atoms with Gasteiger partial charge in [0.2, 0.25) is 5.91 Å². The van der Waals surface area contributed by atoms with Crippen molar-refractivity contribution in [1.82, 2.24) is 20.9 Å². The lowest BCUT2D eigenvalue weighted by Crippen LogP contribution is -2.45. The number of guanidine groups is 1. The van der Waals surface area contributed by atoms with Crippen LogP contribution in [0.2, 0.25) is 0 Å². The number of halogens is 1. The van der Waals surface area contributed by atoms with Gasteiger partial charge >= 0.3 is 0 Å². The Morgan fingerprint density at radius 3 is 2.22 bits per heavy atom. The predicted molar refractivity (Wildman–Crippen MR) is 125 cm³/mol. The van der Waals surface area contributed by atoms with Crippen LogP contribution in [0.15, 0.2) is 35.3 Å². The third kappa shape index (κ3) is 11.2. The number of hydrogen-bond acceptors (Lipinski definition) is 3. The van der Waals surface area contributed by atoms with Gasteiger partial charge in [0.15, 0.2) is 5.96 Å². The van der Waals surface area contributed by atoms with Crippen LogP contribution in [0.3, 0.4) is 0 Å². The van der Waals surface area contributed by atoms with Crippen LogP contribution in [0.25, 0.3) is 0 Å². The van der Waals surface area contributed by atoms with E-state index in [9.17, 15) is 4.79 Å². The zero-order valence-electron chi connectivity index (χ0n) is 17.3. The Kier molecular flexibility index (Phi) is 13.9. The number of carbonyl (C=O) groups is 1. The van der Waals surface area contributed by atoms with Crippen LogP contribution in [0.5, 0.6) is 0 Å². The van der Waals surface area contributed by atoms with Gasteiger partial charge < -0.3 is 16.0 Å². The Morgan fingerprint density at radius 2 is 1.67 bits per heavy atom. The molecule has 27 heavy (non-hydrogen) atoms. The average Bonchev–Trinajstić information content (AvgIpc) is 2.61.